The van der Waals surface area contributed by atoms with Crippen LogP contribution in [-0.2, 0) is 20.1 Å². The van der Waals surface area contributed by atoms with Gasteiger partial charge in [0, 0.05) is 48.0 Å². The maximum Gasteiger partial charge on any atom is 0.121 e. The van der Waals surface area contributed by atoms with E-state index in [1.165, 1.54) is 32.1 Å². The van der Waals surface area contributed by atoms with E-state index in [-0.39, 0.29) is 20.1 Å². The summed E-state index contributed by atoms with van der Waals surface area (Å²) in [6.07, 6.45) is 2.02. The predicted octanol–water partition coefficient (Wildman–Crippen LogP) is 14.1. The average Bonchev–Trinajstić information content (AvgIpc) is 3.87. The van der Waals surface area contributed by atoms with E-state index in [1.807, 2.05) is 36.5 Å². The number of hydrogen-bond donors (Lipinski definition) is 0. The molecule has 4 nitrogen and oxygen atoms in total. The van der Waals surface area contributed by atoms with Crippen molar-refractivity contribution in [3.05, 3.63) is 194 Å². The van der Waals surface area contributed by atoms with Gasteiger partial charge in [0.05, 0.1) is 30.5 Å². The van der Waals surface area contributed by atoms with Crippen LogP contribution in [0.25, 0.3) is 104 Å². The quantitative estimate of drug-likeness (QED) is 0.131. The van der Waals surface area contributed by atoms with Crippen LogP contribution in [0, 0.1) is 12.1 Å². The Bertz CT molecular complexity index is 3640. The fourth-order valence-corrected chi connectivity index (χ4v) is 9.73. The van der Waals surface area contributed by atoms with Gasteiger partial charge in [-0.05, 0) is 67.5 Å². The Hall–Kier alpha value is -6.69. The second kappa shape index (κ2) is 15.4. The molecule has 0 spiro atoms. The van der Waals surface area contributed by atoms with Gasteiger partial charge in [0.2, 0.25) is 0 Å². The summed E-state index contributed by atoms with van der Waals surface area (Å²) in [6, 6.07) is 68.4. The molecular formula is C55H39IrN3OSi-2. The number of rotatable bonds is 3. The third kappa shape index (κ3) is 6.65. The summed E-state index contributed by atoms with van der Waals surface area (Å²) in [4.78, 5) is 9.86. The first-order valence-electron chi connectivity index (χ1n) is 20.4. The van der Waals surface area contributed by atoms with Crippen molar-refractivity contribution < 1.29 is 24.5 Å². The molecule has 0 fully saturated rings. The summed E-state index contributed by atoms with van der Waals surface area (Å²) in [7, 11) is -1.23. The number of furan rings is 1. The fraction of sp³-hybridized carbons (Fsp3) is 0.0545. The van der Waals surface area contributed by atoms with Crippen molar-refractivity contribution in [2.24, 2.45) is 0 Å². The van der Waals surface area contributed by atoms with Crippen molar-refractivity contribution in [3.8, 4) is 22.6 Å². The summed E-state index contributed by atoms with van der Waals surface area (Å²) in [5.41, 5.74) is 7.65. The molecule has 4 heterocycles. The molecule has 0 aliphatic heterocycles. The Balaban J connectivity index is 0.000000222. The summed E-state index contributed by atoms with van der Waals surface area (Å²) >= 11 is 0. The minimum Gasteiger partial charge on any atom is -0.501 e. The van der Waals surface area contributed by atoms with E-state index >= 15 is 0 Å². The van der Waals surface area contributed by atoms with E-state index in [2.05, 4.69) is 187 Å². The summed E-state index contributed by atoms with van der Waals surface area (Å²) in [6.45, 7) is 7.00. The molecule has 0 atom stereocenters. The standard InChI is InChI=1S/C41H23N2O.C14H16NSi.Ir/c1-2-12-26-24-38-35(23-25(26)11-1)33-19-9-20-34(40(33)44-38)41-42-36-21-10-18-32-30-16-6-4-14-28(30)27-13-3-5-15-29(27)31-17-7-8-22-37(31)43(41)39(32)36;1-16(2,3)13-9-10-14(15-11-13)12-7-5-4-6-8-12;/h1-19,21-24H;4-7,9-11H,1-3H3;/q2*-1;. The Kier molecular flexibility index (Phi) is 9.72. The minimum atomic E-state index is -1.23. The van der Waals surface area contributed by atoms with Crippen molar-refractivity contribution in [2.45, 2.75) is 19.6 Å². The van der Waals surface area contributed by atoms with Crippen LogP contribution in [0.4, 0.5) is 0 Å². The summed E-state index contributed by atoms with van der Waals surface area (Å²) < 4.78 is 9.01. The summed E-state index contributed by atoms with van der Waals surface area (Å²) in [5, 5.41) is 13.0. The molecule has 0 amide bonds. The van der Waals surface area contributed by atoms with E-state index in [4.69, 9.17) is 9.40 Å². The number of aromatic nitrogens is 3. The van der Waals surface area contributed by atoms with Crippen LogP contribution < -0.4 is 5.19 Å². The van der Waals surface area contributed by atoms with Gasteiger partial charge < -0.3 is 13.8 Å². The molecule has 8 aromatic carbocycles. The van der Waals surface area contributed by atoms with Crippen LogP contribution in [0.5, 0.6) is 0 Å². The molecule has 12 rings (SSSR count). The van der Waals surface area contributed by atoms with E-state index in [0.717, 1.165) is 77.3 Å². The number of fused-ring (bicyclic) bond motifs is 11. The molecule has 0 aliphatic carbocycles. The predicted molar refractivity (Wildman–Crippen MR) is 255 cm³/mol. The van der Waals surface area contributed by atoms with Gasteiger partial charge in [-0.1, -0.05) is 146 Å². The zero-order valence-corrected chi connectivity index (χ0v) is 37.3. The van der Waals surface area contributed by atoms with E-state index in [9.17, 15) is 0 Å². The molecule has 295 valence electrons. The molecule has 4 aromatic heterocycles. The van der Waals surface area contributed by atoms with Crippen molar-refractivity contribution >= 4 is 94.8 Å². The first kappa shape index (κ1) is 38.5. The minimum absolute atomic E-state index is 0. The number of pyridine rings is 1. The Morgan fingerprint density at radius 3 is 1.87 bits per heavy atom. The molecule has 0 saturated heterocycles. The monoisotopic (exact) mass is 978 g/mol. The maximum atomic E-state index is 6.69. The normalized spacial score (nSPS) is 11.7. The van der Waals surface area contributed by atoms with Gasteiger partial charge >= 0.3 is 0 Å². The van der Waals surface area contributed by atoms with Crippen molar-refractivity contribution in [1.82, 2.24) is 14.4 Å². The topological polar surface area (TPSA) is 43.3 Å². The number of para-hydroxylation sites is 2. The number of nitrogens with zero attached hydrogens (tertiary/aromatic N) is 3. The first-order valence-corrected chi connectivity index (χ1v) is 23.9. The number of imidazole rings is 1. The van der Waals surface area contributed by atoms with Crippen LogP contribution in [0.3, 0.4) is 0 Å². The second-order valence-corrected chi connectivity index (χ2v) is 21.5. The van der Waals surface area contributed by atoms with Gasteiger partial charge in [-0.3, -0.25) is 4.98 Å². The van der Waals surface area contributed by atoms with Gasteiger partial charge in [-0.2, -0.15) is 0 Å². The Morgan fingerprint density at radius 1 is 0.541 bits per heavy atom. The van der Waals surface area contributed by atoms with E-state index < -0.39 is 8.07 Å². The van der Waals surface area contributed by atoms with E-state index in [0.29, 0.717) is 0 Å². The third-order valence-corrected chi connectivity index (χ3v) is 13.7. The molecule has 0 unspecified atom stereocenters. The van der Waals surface area contributed by atoms with Crippen molar-refractivity contribution in [3.63, 3.8) is 0 Å². The van der Waals surface area contributed by atoms with Crippen LogP contribution in [0.2, 0.25) is 19.6 Å². The number of benzene rings is 8. The van der Waals surface area contributed by atoms with Gasteiger partial charge in [0.15, 0.2) is 0 Å². The third-order valence-electron chi connectivity index (χ3n) is 11.7. The largest absolute Gasteiger partial charge is 0.501 e. The molecule has 61 heavy (non-hydrogen) atoms. The van der Waals surface area contributed by atoms with Crippen LogP contribution in [0.15, 0.2) is 187 Å². The van der Waals surface area contributed by atoms with Crippen molar-refractivity contribution in [2.75, 3.05) is 0 Å². The molecule has 0 aliphatic rings. The molecule has 1 radical (unpaired) electrons. The average molecular weight is 978 g/mol. The second-order valence-electron chi connectivity index (χ2n) is 16.4. The Labute approximate surface area is 368 Å². The SMILES string of the molecule is C[Si](C)(C)c1ccc(-c2[c-]cccc2)nc1.[Ir].[c-]1ccc2c(oc3cc4ccccc4cc32)c1-c1nc2cccc3c4ccccc4c4ccccc4c4ccccc4n1c23. The van der Waals surface area contributed by atoms with E-state index in [1.54, 1.807) is 0 Å². The zero-order valence-electron chi connectivity index (χ0n) is 33.9. The molecule has 6 heteroatoms. The maximum absolute atomic E-state index is 6.69. The molecule has 0 saturated carbocycles. The molecule has 0 N–H and O–H groups in total. The fourth-order valence-electron chi connectivity index (χ4n) is 8.69. The molecule has 0 bridgehead atoms. The van der Waals surface area contributed by atoms with Gasteiger partial charge in [-0.15, -0.1) is 54.1 Å². The Morgan fingerprint density at radius 2 is 1.18 bits per heavy atom. The van der Waals surface area contributed by atoms with Crippen LogP contribution >= 0.6 is 0 Å². The molecule has 12 aromatic rings. The van der Waals surface area contributed by atoms with Crippen LogP contribution in [0.1, 0.15) is 0 Å². The van der Waals surface area contributed by atoms with Gasteiger partial charge in [0.1, 0.15) is 5.58 Å². The zero-order chi connectivity index (χ0) is 40.4. The smallest absolute Gasteiger partial charge is 0.121 e. The van der Waals surface area contributed by atoms with Crippen molar-refractivity contribution in [1.29, 1.82) is 0 Å². The molecular weight excluding hydrogens is 939 g/mol. The van der Waals surface area contributed by atoms with Gasteiger partial charge in [-0.25, -0.2) is 0 Å². The first-order chi connectivity index (χ1) is 29.4. The summed E-state index contributed by atoms with van der Waals surface area (Å²) in [5.74, 6) is 0.811. The van der Waals surface area contributed by atoms with Gasteiger partial charge in [0.25, 0.3) is 0 Å². The van der Waals surface area contributed by atoms with Crippen LogP contribution in [-0.4, -0.2) is 22.4 Å². The number of hydrogen-bond acceptors (Lipinski definition) is 3.